The van der Waals surface area contributed by atoms with E-state index in [1.165, 1.54) is 33.3 Å². The van der Waals surface area contributed by atoms with Crippen molar-refractivity contribution in [3.8, 4) is 0 Å². The number of hydrogen-bond acceptors (Lipinski definition) is 20. The van der Waals surface area contributed by atoms with Gasteiger partial charge in [0.25, 0.3) is 0 Å². The summed E-state index contributed by atoms with van der Waals surface area (Å²) in [5.41, 5.74) is 37.8. The normalized spacial score (nSPS) is 39.1. The molecule has 20 nitrogen and oxygen atoms in total. The summed E-state index contributed by atoms with van der Waals surface area (Å²) in [4.78, 5) is 13.1. The molecule has 0 unspecified atom stereocenters. The average molecular weight is 930 g/mol. The summed E-state index contributed by atoms with van der Waals surface area (Å²) >= 11 is 1.40. The Morgan fingerprint density at radius 1 is 0.631 bits per heavy atom. The predicted octanol–water partition coefficient (Wildman–Crippen LogP) is -3.51. The smallest absolute Gasteiger partial charge is 0.220 e. The van der Waals surface area contributed by atoms with Gasteiger partial charge in [-0.05, 0) is 50.7 Å². The Morgan fingerprint density at radius 3 is 1.82 bits per heavy atom. The van der Waals surface area contributed by atoms with Gasteiger partial charge in [-0.25, -0.2) is 0 Å². The molecule has 1 amide bonds. The first-order valence-corrected chi connectivity index (χ1v) is 23.3. The van der Waals surface area contributed by atoms with Gasteiger partial charge in [-0.2, -0.15) is 11.8 Å². The molecule has 0 spiro atoms. The average Bonchev–Trinajstić information content (AvgIpc) is 3.59. The van der Waals surface area contributed by atoms with E-state index in [1.54, 1.807) is 0 Å². The van der Waals surface area contributed by atoms with Gasteiger partial charge in [-0.3, -0.25) is 4.79 Å². The molecule has 3 heterocycles. The summed E-state index contributed by atoms with van der Waals surface area (Å²) in [7, 11) is 0. The lowest BCUT2D eigenvalue weighted by Crippen LogP contribution is -2.68. The van der Waals surface area contributed by atoms with Gasteiger partial charge >= 0.3 is 0 Å². The maximum absolute atomic E-state index is 13.1. The molecule has 19 N–H and O–H groups in total. The quantitative estimate of drug-likeness (QED) is 0.0383. The lowest BCUT2D eigenvalue weighted by atomic mass is 9.84. The van der Waals surface area contributed by atoms with E-state index in [-0.39, 0.29) is 37.6 Å². The van der Waals surface area contributed by atoms with Crippen molar-refractivity contribution in [2.45, 2.75) is 136 Å². The summed E-state index contributed by atoms with van der Waals surface area (Å²) in [6, 6.07) is 14.8. The number of aryl methyl sites for hydroxylation is 1. The van der Waals surface area contributed by atoms with Crippen molar-refractivity contribution in [1.82, 2.24) is 5.32 Å². The molecule has 0 bridgehead atoms. The molecule has 4 aromatic rings. The highest BCUT2D eigenvalue weighted by atomic mass is 32.2. The van der Waals surface area contributed by atoms with Gasteiger partial charge in [0, 0.05) is 49.6 Å². The molecule has 358 valence electrons. The third-order valence-corrected chi connectivity index (χ3v) is 14.3. The molecule has 1 aliphatic carbocycles. The van der Waals surface area contributed by atoms with Crippen LogP contribution in [0.4, 0.5) is 0 Å². The Bertz CT molecular complexity index is 2200. The SMILES string of the molecule is NC[C@@H]1O[C@H](O[C@H]2[C@@H](O)[C@H](O[C@@H]3[C@@H](O)[C@H](N)C[C@H](N)[C@H]3O[C@H]3O[C@H](CN)[C@@H](O)[C@H](O)[C@H]3N)O[C@@H]2CSCCNC(=O)CCc2ccc3ccc4cccc5ccc2c3c45)[C@H](N)[C@@H](O)[C@@H]1O. The molecule has 8 rings (SSSR count). The van der Waals surface area contributed by atoms with Crippen molar-refractivity contribution >= 4 is 50.0 Å². The van der Waals surface area contributed by atoms with Gasteiger partial charge in [0.1, 0.15) is 61.0 Å². The largest absolute Gasteiger partial charge is 0.389 e. The highest BCUT2D eigenvalue weighted by molar-refractivity contribution is 7.99. The van der Waals surface area contributed by atoms with Crippen LogP contribution in [0.3, 0.4) is 0 Å². The monoisotopic (exact) mass is 929 g/mol. The van der Waals surface area contributed by atoms with E-state index in [0.717, 1.165) is 16.3 Å². The molecule has 4 aromatic carbocycles. The Balaban J connectivity index is 0.916. The van der Waals surface area contributed by atoms with E-state index in [1.807, 2.05) is 0 Å². The van der Waals surface area contributed by atoms with Crippen LogP contribution >= 0.6 is 11.8 Å². The number of aliphatic hydroxyl groups is 6. The molecule has 19 atom stereocenters. The Labute approximate surface area is 379 Å². The van der Waals surface area contributed by atoms with Crippen LogP contribution in [0.5, 0.6) is 0 Å². The fourth-order valence-corrected chi connectivity index (χ4v) is 10.5. The molecule has 4 fully saturated rings. The highest BCUT2D eigenvalue weighted by Crippen LogP contribution is 2.38. The van der Waals surface area contributed by atoms with Gasteiger partial charge in [-0.1, -0.05) is 54.6 Å². The number of ether oxygens (including phenoxy) is 6. The molecular formula is C44H63N7O13S. The zero-order valence-corrected chi connectivity index (χ0v) is 36.6. The Kier molecular flexibility index (Phi) is 15.4. The van der Waals surface area contributed by atoms with Crippen LogP contribution < -0.4 is 39.7 Å². The number of amides is 1. The van der Waals surface area contributed by atoms with Crippen molar-refractivity contribution in [2.24, 2.45) is 34.4 Å². The minimum absolute atomic E-state index is 0.0855. The first-order valence-electron chi connectivity index (χ1n) is 22.1. The number of aliphatic hydroxyl groups excluding tert-OH is 6. The second-order valence-corrected chi connectivity index (χ2v) is 18.7. The van der Waals surface area contributed by atoms with Crippen LogP contribution in [0.2, 0.25) is 0 Å². The molecular weight excluding hydrogens is 867 g/mol. The second kappa shape index (κ2) is 20.7. The number of nitrogens with one attached hydrogen (secondary N) is 1. The number of thioether (sulfide) groups is 1. The van der Waals surface area contributed by atoms with Crippen LogP contribution in [0.25, 0.3) is 32.3 Å². The summed E-state index contributed by atoms with van der Waals surface area (Å²) in [6.07, 6.45) is -18.6. The van der Waals surface area contributed by atoms with Crippen molar-refractivity contribution in [2.75, 3.05) is 31.1 Å². The van der Waals surface area contributed by atoms with Crippen LogP contribution in [0, 0.1) is 0 Å². The van der Waals surface area contributed by atoms with E-state index < -0.39 is 116 Å². The van der Waals surface area contributed by atoms with Gasteiger partial charge in [0.15, 0.2) is 18.9 Å². The molecule has 3 aliphatic heterocycles. The molecule has 1 saturated carbocycles. The van der Waals surface area contributed by atoms with Crippen molar-refractivity contribution in [3.05, 3.63) is 60.2 Å². The van der Waals surface area contributed by atoms with E-state index in [4.69, 9.17) is 62.8 Å². The van der Waals surface area contributed by atoms with Gasteiger partial charge in [0.05, 0.1) is 24.3 Å². The van der Waals surface area contributed by atoms with Gasteiger partial charge in [-0.15, -0.1) is 0 Å². The molecule has 65 heavy (non-hydrogen) atoms. The lowest BCUT2D eigenvalue weighted by Gasteiger charge is -2.47. The number of hydrogen-bond donors (Lipinski definition) is 13. The standard InChI is InChI=1S/C44H63N7O13S/c45-15-25-34(54)36(56)31(49)42(59-25)62-39-24(48)14-23(47)33(53)41(39)64-44-38(58)40(63-43-32(50)37(57)35(55)26(16-46)60-43)27(61-44)17-65-13-12-51-28(52)11-9-18-4-5-21-7-6-19-2-1-3-20-8-10-22(18)30(21)29(19)20/h1-8,10,23-27,31-44,53-58H,9,11-17,45-50H2,(H,51,52)/t23-,24+,25-,26+,27-,31-,32-,33+,34-,35-,36-,37-,38-,39-,40-,41-,42-,43-,44+/m1/s1. The summed E-state index contributed by atoms with van der Waals surface area (Å²) in [6.45, 7) is -0.00162. The number of rotatable bonds is 16. The predicted molar refractivity (Wildman–Crippen MR) is 240 cm³/mol. The van der Waals surface area contributed by atoms with Gasteiger partial charge < -0.3 is 98.8 Å². The zero-order valence-electron chi connectivity index (χ0n) is 35.7. The molecule has 3 saturated heterocycles. The van der Waals surface area contributed by atoms with E-state index >= 15 is 0 Å². The number of carbonyl (C=O) groups is 1. The fraction of sp³-hybridized carbons (Fsp3) is 0.614. The summed E-state index contributed by atoms with van der Waals surface area (Å²) in [5, 5.41) is 75.4. The first kappa shape index (κ1) is 48.5. The Hall–Kier alpha value is -2.98. The van der Waals surface area contributed by atoms with Crippen molar-refractivity contribution in [3.63, 3.8) is 0 Å². The summed E-state index contributed by atoms with van der Waals surface area (Å²) < 4.78 is 36.6. The maximum atomic E-state index is 13.1. The van der Waals surface area contributed by atoms with E-state index in [9.17, 15) is 35.4 Å². The van der Waals surface area contributed by atoms with Crippen molar-refractivity contribution < 1.29 is 63.9 Å². The number of carbonyl (C=O) groups excluding carboxylic acids is 1. The van der Waals surface area contributed by atoms with Gasteiger partial charge in [0.2, 0.25) is 5.91 Å². The third kappa shape index (κ3) is 9.83. The molecule has 0 aromatic heterocycles. The minimum atomic E-state index is -1.56. The van der Waals surface area contributed by atoms with Crippen LogP contribution in [0.15, 0.2) is 54.6 Å². The molecule has 0 radical (unpaired) electrons. The van der Waals surface area contributed by atoms with Crippen LogP contribution in [-0.2, 0) is 39.6 Å². The number of nitrogens with two attached hydrogens (primary N) is 6. The number of benzene rings is 4. The van der Waals surface area contributed by atoms with Crippen molar-refractivity contribution in [1.29, 1.82) is 0 Å². The fourth-order valence-electron chi connectivity index (χ4n) is 9.54. The summed E-state index contributed by atoms with van der Waals surface area (Å²) in [5.74, 6) is 0.538. The zero-order chi connectivity index (χ0) is 46.3. The first-order chi connectivity index (χ1) is 31.2. The Morgan fingerprint density at radius 2 is 1.18 bits per heavy atom. The van der Waals surface area contributed by atoms with E-state index in [0.29, 0.717) is 18.7 Å². The second-order valence-electron chi connectivity index (χ2n) is 17.6. The third-order valence-electron chi connectivity index (χ3n) is 13.3. The minimum Gasteiger partial charge on any atom is -0.389 e. The van der Waals surface area contributed by atoms with E-state index in [2.05, 4.69) is 59.9 Å². The van der Waals surface area contributed by atoms with Crippen LogP contribution in [-0.4, -0.2) is 184 Å². The maximum Gasteiger partial charge on any atom is 0.220 e. The lowest BCUT2D eigenvalue weighted by molar-refractivity contribution is -0.306. The molecule has 4 aliphatic rings. The van der Waals surface area contributed by atoms with Crippen LogP contribution in [0.1, 0.15) is 18.4 Å². The highest BCUT2D eigenvalue weighted by Gasteiger charge is 2.54. The molecule has 21 heteroatoms. The topological polar surface area (TPSA) is 362 Å².